The number of aliphatic hydroxyl groups is 1. The number of cyclic esters (lactones) is 1. The lowest BCUT2D eigenvalue weighted by Gasteiger charge is -2.26. The van der Waals surface area contributed by atoms with Gasteiger partial charge in [0.15, 0.2) is 11.5 Å². The smallest absolute Gasteiger partial charge is 0.416 e. The van der Waals surface area contributed by atoms with Gasteiger partial charge in [0.05, 0.1) is 37.1 Å². The van der Waals surface area contributed by atoms with E-state index in [1.807, 2.05) is 0 Å². The van der Waals surface area contributed by atoms with E-state index in [1.54, 1.807) is 24.3 Å². The lowest BCUT2D eigenvalue weighted by atomic mass is 9.87. The number of hydrogen-bond donors (Lipinski definition) is 1. The molecule has 5 rings (SSSR count). The summed E-state index contributed by atoms with van der Waals surface area (Å²) >= 11 is 1.02. The summed E-state index contributed by atoms with van der Waals surface area (Å²) in [5.41, 5.74) is 1.70. The molecule has 1 N–H and O–H groups in total. The van der Waals surface area contributed by atoms with Gasteiger partial charge in [0, 0.05) is 17.6 Å². The van der Waals surface area contributed by atoms with Crippen molar-refractivity contribution in [2.75, 3.05) is 14.2 Å². The van der Waals surface area contributed by atoms with Crippen molar-refractivity contribution in [3.63, 3.8) is 0 Å². The lowest BCUT2D eigenvalue weighted by molar-refractivity contribution is -0.185. The van der Waals surface area contributed by atoms with Crippen molar-refractivity contribution in [3.05, 3.63) is 88.5 Å². The van der Waals surface area contributed by atoms with Gasteiger partial charge in [-0.3, -0.25) is 0 Å². The maximum atomic E-state index is 13.2. The number of benzene rings is 3. The minimum atomic E-state index is -4.49. The van der Waals surface area contributed by atoms with Gasteiger partial charge in [0.2, 0.25) is 0 Å². The van der Waals surface area contributed by atoms with Crippen molar-refractivity contribution >= 4 is 34.3 Å². The fourth-order valence-electron chi connectivity index (χ4n) is 4.27. The van der Waals surface area contributed by atoms with E-state index in [0.717, 1.165) is 23.9 Å². The van der Waals surface area contributed by atoms with Gasteiger partial charge in [-0.2, -0.15) is 21.9 Å². The van der Waals surface area contributed by atoms with E-state index in [2.05, 4.69) is 8.75 Å². The minimum Gasteiger partial charge on any atom is -0.493 e. The van der Waals surface area contributed by atoms with Crippen molar-refractivity contribution in [2.45, 2.75) is 18.4 Å². The molecular weight excluding hydrogens is 509 g/mol. The second-order valence-electron chi connectivity index (χ2n) is 8.30. The fraction of sp³-hybridized carbons (Fsp3) is 0.192. The standard InChI is InChI=1S/C26H19F3N2O5S/c1-34-21-10-8-17(13-22(21)35-2)25(33)18(11-14-3-6-16(7-4-14)26(27,28)29)23(24(32)36-25)15-5-9-19-20(12-15)31-37-30-19/h3-10,12-13,33H,11H2,1-2H3. The molecule has 1 atom stereocenters. The Balaban J connectivity index is 1.67. The van der Waals surface area contributed by atoms with E-state index in [-0.39, 0.29) is 23.1 Å². The number of ether oxygens (including phenoxy) is 3. The Morgan fingerprint density at radius 3 is 2.32 bits per heavy atom. The number of carbonyl (C=O) groups is 1. The molecule has 1 unspecified atom stereocenters. The quantitative estimate of drug-likeness (QED) is 0.347. The second-order valence-corrected chi connectivity index (χ2v) is 8.82. The van der Waals surface area contributed by atoms with E-state index in [1.165, 1.54) is 38.5 Å². The van der Waals surface area contributed by atoms with Crippen molar-refractivity contribution in [3.8, 4) is 11.5 Å². The maximum absolute atomic E-state index is 13.2. The number of rotatable bonds is 6. The Labute approximate surface area is 213 Å². The van der Waals surface area contributed by atoms with Gasteiger partial charge < -0.3 is 19.3 Å². The third-order valence-electron chi connectivity index (χ3n) is 6.13. The highest BCUT2D eigenvalue weighted by Gasteiger charge is 2.48. The summed E-state index contributed by atoms with van der Waals surface area (Å²) in [4.78, 5) is 13.2. The third kappa shape index (κ3) is 4.40. The average Bonchev–Trinajstić information content (AvgIpc) is 3.45. The Morgan fingerprint density at radius 2 is 1.65 bits per heavy atom. The second kappa shape index (κ2) is 9.16. The number of methoxy groups -OCH3 is 2. The Morgan fingerprint density at radius 1 is 0.946 bits per heavy atom. The van der Waals surface area contributed by atoms with E-state index < -0.39 is 23.5 Å². The molecule has 0 bridgehead atoms. The molecular formula is C26H19F3N2O5S. The van der Waals surface area contributed by atoms with Gasteiger partial charge in [0.25, 0.3) is 5.79 Å². The number of aromatic nitrogens is 2. The van der Waals surface area contributed by atoms with Crippen LogP contribution in [-0.4, -0.2) is 34.0 Å². The monoisotopic (exact) mass is 528 g/mol. The van der Waals surface area contributed by atoms with Gasteiger partial charge in [-0.25, -0.2) is 4.79 Å². The first-order chi connectivity index (χ1) is 17.6. The topological polar surface area (TPSA) is 90.8 Å². The molecule has 7 nitrogen and oxygen atoms in total. The summed E-state index contributed by atoms with van der Waals surface area (Å²) in [5, 5.41) is 11.8. The summed E-state index contributed by atoms with van der Waals surface area (Å²) < 4.78 is 63.8. The first kappa shape index (κ1) is 24.7. The van der Waals surface area contributed by atoms with Crippen LogP contribution < -0.4 is 9.47 Å². The van der Waals surface area contributed by atoms with Gasteiger partial charge in [-0.05, 0) is 53.6 Å². The summed E-state index contributed by atoms with van der Waals surface area (Å²) in [5.74, 6) is -2.32. The van der Waals surface area contributed by atoms with Crippen molar-refractivity contribution in [1.82, 2.24) is 8.75 Å². The molecule has 0 aliphatic carbocycles. The zero-order valence-corrected chi connectivity index (χ0v) is 20.3. The molecule has 1 aliphatic heterocycles. The molecule has 3 aromatic carbocycles. The van der Waals surface area contributed by atoms with Crippen molar-refractivity contribution in [2.24, 2.45) is 0 Å². The number of hydrogen-bond acceptors (Lipinski definition) is 8. The van der Waals surface area contributed by atoms with E-state index >= 15 is 0 Å². The Hall–Kier alpha value is -3.96. The Bertz CT molecular complexity index is 1530. The van der Waals surface area contributed by atoms with Crippen LogP contribution >= 0.6 is 11.7 Å². The third-order valence-corrected chi connectivity index (χ3v) is 6.69. The van der Waals surface area contributed by atoms with Gasteiger partial charge in [-0.15, -0.1) is 0 Å². The van der Waals surface area contributed by atoms with Crippen LogP contribution in [0.15, 0.2) is 66.2 Å². The molecule has 11 heteroatoms. The molecule has 190 valence electrons. The highest BCUT2D eigenvalue weighted by atomic mass is 32.1. The van der Waals surface area contributed by atoms with E-state index in [9.17, 15) is 23.1 Å². The molecule has 0 saturated heterocycles. The van der Waals surface area contributed by atoms with Crippen molar-refractivity contribution in [1.29, 1.82) is 0 Å². The number of esters is 1. The predicted molar refractivity (Wildman–Crippen MR) is 129 cm³/mol. The van der Waals surface area contributed by atoms with Crippen LogP contribution in [0.1, 0.15) is 22.3 Å². The van der Waals surface area contributed by atoms with Gasteiger partial charge in [-0.1, -0.05) is 18.2 Å². The summed E-state index contributed by atoms with van der Waals surface area (Å²) in [7, 11) is 2.88. The number of alkyl halides is 3. The van der Waals surface area contributed by atoms with Crippen LogP contribution in [0.4, 0.5) is 13.2 Å². The first-order valence-corrected chi connectivity index (χ1v) is 11.7. The van der Waals surface area contributed by atoms with E-state index in [4.69, 9.17) is 14.2 Å². The largest absolute Gasteiger partial charge is 0.493 e. The van der Waals surface area contributed by atoms with Gasteiger partial charge >= 0.3 is 12.1 Å². The lowest BCUT2D eigenvalue weighted by Crippen LogP contribution is -2.29. The number of nitrogens with zero attached hydrogens (tertiary/aromatic N) is 2. The fourth-order valence-corrected chi connectivity index (χ4v) is 4.79. The SMILES string of the molecule is COc1ccc(C2(O)OC(=O)C(c3ccc4nsnc4c3)=C2Cc2ccc(C(F)(F)F)cc2)cc1OC. The molecule has 1 aliphatic rings. The van der Waals surface area contributed by atoms with Crippen LogP contribution in [-0.2, 0) is 27.9 Å². The molecule has 0 radical (unpaired) electrons. The van der Waals surface area contributed by atoms with E-state index in [0.29, 0.717) is 33.7 Å². The molecule has 0 fully saturated rings. The zero-order chi connectivity index (χ0) is 26.4. The highest BCUT2D eigenvalue weighted by Crippen LogP contribution is 2.46. The number of halogens is 3. The molecule has 2 heterocycles. The predicted octanol–water partition coefficient (Wildman–Crippen LogP) is 5.13. The molecule has 37 heavy (non-hydrogen) atoms. The van der Waals surface area contributed by atoms with Crippen LogP contribution in [0.25, 0.3) is 16.6 Å². The summed E-state index contributed by atoms with van der Waals surface area (Å²) in [6.45, 7) is 0. The number of carbonyl (C=O) groups excluding carboxylic acids is 1. The molecule has 4 aromatic rings. The summed E-state index contributed by atoms with van der Waals surface area (Å²) in [6, 6.07) is 14.1. The Kier molecular flexibility index (Phi) is 6.12. The van der Waals surface area contributed by atoms with Crippen LogP contribution in [0.5, 0.6) is 11.5 Å². The maximum Gasteiger partial charge on any atom is 0.416 e. The molecule has 0 spiro atoms. The number of fused-ring (bicyclic) bond motifs is 1. The molecule has 0 amide bonds. The van der Waals surface area contributed by atoms with Crippen LogP contribution in [0, 0.1) is 0 Å². The normalized spacial score (nSPS) is 17.8. The molecule has 0 saturated carbocycles. The highest BCUT2D eigenvalue weighted by molar-refractivity contribution is 7.00. The minimum absolute atomic E-state index is 0.0720. The summed E-state index contributed by atoms with van der Waals surface area (Å²) in [6.07, 6.45) is -4.57. The molecule has 1 aromatic heterocycles. The van der Waals surface area contributed by atoms with Crippen LogP contribution in [0.3, 0.4) is 0 Å². The van der Waals surface area contributed by atoms with Crippen molar-refractivity contribution < 1.29 is 37.3 Å². The van der Waals surface area contributed by atoms with Gasteiger partial charge in [0.1, 0.15) is 11.0 Å². The van der Waals surface area contributed by atoms with Crippen LogP contribution in [0.2, 0.25) is 0 Å². The average molecular weight is 529 g/mol. The first-order valence-electron chi connectivity index (χ1n) is 10.9. The zero-order valence-electron chi connectivity index (χ0n) is 19.5.